The molecule has 0 N–H and O–H groups in total. The second-order valence-electron chi connectivity index (χ2n) is 5.26. The monoisotopic (exact) mass is 338 g/mol. The van der Waals surface area contributed by atoms with Crippen molar-refractivity contribution in [1.82, 2.24) is 10.1 Å². The Balaban J connectivity index is 1.78. The van der Waals surface area contributed by atoms with Gasteiger partial charge in [0.25, 0.3) is 5.89 Å². The molecule has 0 amide bonds. The first-order valence-corrected chi connectivity index (χ1v) is 7.36. The van der Waals surface area contributed by atoms with E-state index in [1.165, 1.54) is 19.2 Å². The third-order valence-corrected chi connectivity index (χ3v) is 3.71. The number of fused-ring (bicyclic) bond motifs is 1. The maximum atomic E-state index is 13.8. The molecule has 4 rings (SSSR count). The van der Waals surface area contributed by atoms with E-state index in [1.807, 2.05) is 6.07 Å². The Morgan fingerprint density at radius 1 is 1.12 bits per heavy atom. The van der Waals surface area contributed by atoms with Gasteiger partial charge in [-0.25, -0.2) is 9.18 Å². The highest BCUT2D eigenvalue weighted by Gasteiger charge is 2.17. The number of hydrogen-bond acceptors (Lipinski definition) is 6. The molecular formula is C18H11FN2O4. The molecule has 0 radical (unpaired) electrons. The van der Waals surface area contributed by atoms with Crippen LogP contribution in [0.2, 0.25) is 0 Å². The Bertz CT molecular complexity index is 1130. The summed E-state index contributed by atoms with van der Waals surface area (Å²) in [4.78, 5) is 16.3. The normalized spacial score (nSPS) is 11.0. The molecule has 0 aliphatic rings. The third kappa shape index (κ3) is 2.65. The van der Waals surface area contributed by atoms with Gasteiger partial charge in [-0.15, -0.1) is 0 Å². The minimum absolute atomic E-state index is 0.00530. The zero-order chi connectivity index (χ0) is 17.4. The summed E-state index contributed by atoms with van der Waals surface area (Å²) in [5.74, 6) is -0.269. The van der Waals surface area contributed by atoms with Crippen LogP contribution >= 0.6 is 0 Å². The fourth-order valence-electron chi connectivity index (χ4n) is 2.47. The number of ether oxygens (including phenoxy) is 1. The van der Waals surface area contributed by atoms with Crippen LogP contribution in [0.5, 0.6) is 5.75 Å². The standard InChI is InChI=1S/C18H11FN2O4/c1-23-15-7-6-11(9-13(15)19)16-20-17(25-21-16)12-8-10-4-2-3-5-14(10)24-18(12)22/h2-9H,1H3. The number of para-hydroxylation sites is 1. The number of rotatable bonds is 3. The summed E-state index contributed by atoms with van der Waals surface area (Å²) < 4.78 is 29.1. The van der Waals surface area contributed by atoms with Gasteiger partial charge in [0.15, 0.2) is 11.6 Å². The fourth-order valence-corrected chi connectivity index (χ4v) is 2.47. The first-order chi connectivity index (χ1) is 12.2. The molecule has 6 nitrogen and oxygen atoms in total. The summed E-state index contributed by atoms with van der Waals surface area (Å²) in [6.45, 7) is 0. The van der Waals surface area contributed by atoms with E-state index >= 15 is 0 Å². The smallest absolute Gasteiger partial charge is 0.349 e. The van der Waals surface area contributed by atoms with Crippen LogP contribution in [-0.4, -0.2) is 17.3 Å². The van der Waals surface area contributed by atoms with E-state index in [9.17, 15) is 9.18 Å². The molecule has 0 bridgehead atoms. The largest absolute Gasteiger partial charge is 0.494 e. The Morgan fingerprint density at radius 3 is 2.76 bits per heavy atom. The first-order valence-electron chi connectivity index (χ1n) is 7.36. The van der Waals surface area contributed by atoms with Crippen LogP contribution in [0, 0.1) is 5.82 Å². The lowest BCUT2D eigenvalue weighted by atomic mass is 10.2. The van der Waals surface area contributed by atoms with Gasteiger partial charge >= 0.3 is 5.63 Å². The lowest BCUT2D eigenvalue weighted by molar-refractivity contribution is 0.386. The Labute approximate surface area is 140 Å². The molecular weight excluding hydrogens is 327 g/mol. The lowest BCUT2D eigenvalue weighted by Crippen LogP contribution is -2.02. The predicted molar refractivity (Wildman–Crippen MR) is 87.7 cm³/mol. The minimum Gasteiger partial charge on any atom is -0.494 e. The van der Waals surface area contributed by atoms with E-state index in [4.69, 9.17) is 13.7 Å². The van der Waals surface area contributed by atoms with Crippen molar-refractivity contribution in [3.05, 3.63) is 64.8 Å². The zero-order valence-electron chi connectivity index (χ0n) is 13.0. The van der Waals surface area contributed by atoms with Crippen molar-refractivity contribution in [3.63, 3.8) is 0 Å². The van der Waals surface area contributed by atoms with Gasteiger partial charge in [-0.2, -0.15) is 4.98 Å². The number of aromatic nitrogens is 2. The molecule has 4 aromatic rings. The van der Waals surface area contributed by atoms with Crippen LogP contribution in [0.1, 0.15) is 0 Å². The molecule has 0 saturated heterocycles. The summed E-state index contributed by atoms with van der Waals surface area (Å²) in [5.41, 5.74) is 0.424. The molecule has 0 atom stereocenters. The summed E-state index contributed by atoms with van der Waals surface area (Å²) >= 11 is 0. The van der Waals surface area contributed by atoms with Gasteiger partial charge in [0.1, 0.15) is 11.1 Å². The van der Waals surface area contributed by atoms with E-state index in [0.29, 0.717) is 11.1 Å². The summed E-state index contributed by atoms with van der Waals surface area (Å²) in [5, 5.41) is 4.54. The number of benzene rings is 2. The molecule has 2 aromatic carbocycles. The highest BCUT2D eigenvalue weighted by atomic mass is 19.1. The van der Waals surface area contributed by atoms with Crippen LogP contribution < -0.4 is 10.4 Å². The third-order valence-electron chi connectivity index (χ3n) is 3.71. The second kappa shape index (κ2) is 5.86. The topological polar surface area (TPSA) is 78.4 Å². The van der Waals surface area contributed by atoms with Crippen molar-refractivity contribution in [2.45, 2.75) is 0 Å². The summed E-state index contributed by atoms with van der Waals surface area (Å²) in [6, 6.07) is 13.0. The van der Waals surface area contributed by atoms with Crippen molar-refractivity contribution < 1.29 is 18.1 Å². The second-order valence-corrected chi connectivity index (χ2v) is 5.26. The molecule has 2 heterocycles. The number of halogens is 1. The molecule has 0 saturated carbocycles. The van der Waals surface area contributed by atoms with Crippen LogP contribution in [-0.2, 0) is 0 Å². The number of nitrogens with zero attached hydrogens (tertiary/aromatic N) is 2. The molecule has 0 aliphatic carbocycles. The van der Waals surface area contributed by atoms with E-state index < -0.39 is 11.4 Å². The summed E-state index contributed by atoms with van der Waals surface area (Å²) in [6.07, 6.45) is 0. The van der Waals surface area contributed by atoms with Crippen LogP contribution in [0.25, 0.3) is 33.8 Å². The van der Waals surface area contributed by atoms with Crippen LogP contribution in [0.15, 0.2) is 62.3 Å². The van der Waals surface area contributed by atoms with Gasteiger partial charge in [-0.3, -0.25) is 0 Å². The van der Waals surface area contributed by atoms with Crippen molar-refractivity contribution in [3.8, 4) is 28.6 Å². The zero-order valence-corrected chi connectivity index (χ0v) is 13.0. The number of hydrogen-bond donors (Lipinski definition) is 0. The fraction of sp³-hybridized carbons (Fsp3) is 0.0556. The van der Waals surface area contributed by atoms with E-state index in [1.54, 1.807) is 30.3 Å². The maximum Gasteiger partial charge on any atom is 0.349 e. The quantitative estimate of drug-likeness (QED) is 0.531. The molecule has 0 unspecified atom stereocenters. The van der Waals surface area contributed by atoms with Gasteiger partial charge in [-0.1, -0.05) is 23.4 Å². The van der Waals surface area contributed by atoms with E-state index in [0.717, 1.165) is 5.39 Å². The first kappa shape index (κ1) is 15.1. The van der Waals surface area contributed by atoms with Gasteiger partial charge < -0.3 is 13.7 Å². The molecule has 0 fully saturated rings. The van der Waals surface area contributed by atoms with Gasteiger partial charge in [0.2, 0.25) is 5.82 Å². The molecule has 25 heavy (non-hydrogen) atoms. The lowest BCUT2D eigenvalue weighted by Gasteiger charge is -2.01. The Hall–Kier alpha value is -3.48. The molecule has 7 heteroatoms. The molecule has 0 spiro atoms. The van der Waals surface area contributed by atoms with E-state index in [-0.39, 0.29) is 23.0 Å². The highest BCUT2D eigenvalue weighted by Crippen LogP contribution is 2.26. The summed E-state index contributed by atoms with van der Waals surface area (Å²) in [7, 11) is 1.38. The van der Waals surface area contributed by atoms with E-state index in [2.05, 4.69) is 10.1 Å². The highest BCUT2D eigenvalue weighted by molar-refractivity contribution is 5.80. The molecule has 2 aromatic heterocycles. The average Bonchev–Trinajstić information content (AvgIpc) is 3.11. The maximum absolute atomic E-state index is 13.8. The minimum atomic E-state index is -0.588. The van der Waals surface area contributed by atoms with Crippen molar-refractivity contribution in [1.29, 1.82) is 0 Å². The molecule has 124 valence electrons. The predicted octanol–water partition coefficient (Wildman–Crippen LogP) is 3.66. The van der Waals surface area contributed by atoms with Crippen molar-refractivity contribution >= 4 is 11.0 Å². The number of methoxy groups -OCH3 is 1. The average molecular weight is 338 g/mol. The van der Waals surface area contributed by atoms with Crippen LogP contribution in [0.3, 0.4) is 0 Å². The van der Waals surface area contributed by atoms with Gasteiger partial charge in [0, 0.05) is 10.9 Å². The van der Waals surface area contributed by atoms with Gasteiger partial charge in [0.05, 0.1) is 7.11 Å². The van der Waals surface area contributed by atoms with Crippen LogP contribution in [0.4, 0.5) is 4.39 Å². The van der Waals surface area contributed by atoms with Crippen molar-refractivity contribution in [2.75, 3.05) is 7.11 Å². The van der Waals surface area contributed by atoms with Crippen molar-refractivity contribution in [2.24, 2.45) is 0 Å². The molecule has 0 aliphatic heterocycles. The Kier molecular flexibility index (Phi) is 3.53. The SMILES string of the molecule is COc1ccc(-c2noc(-c3cc4ccccc4oc3=O)n2)cc1F. The van der Waals surface area contributed by atoms with Gasteiger partial charge in [-0.05, 0) is 30.3 Å². The Morgan fingerprint density at radius 2 is 1.96 bits per heavy atom.